The van der Waals surface area contributed by atoms with Crippen LogP contribution in [0.4, 0.5) is 0 Å². The number of likely N-dealkylation sites (N-methyl/N-ethyl adjacent to an activating group) is 1. The van der Waals surface area contributed by atoms with Crippen LogP contribution in [0.15, 0.2) is 58.2 Å². The molecule has 1 atom stereocenters. The van der Waals surface area contributed by atoms with Crippen molar-refractivity contribution >= 4 is 34.3 Å². The molecule has 0 saturated carbocycles. The molecule has 2 aromatic carbocycles. The Hall–Kier alpha value is -3.49. The Kier molecular flexibility index (Phi) is 7.28. The van der Waals surface area contributed by atoms with Gasteiger partial charge in [-0.2, -0.15) is 0 Å². The van der Waals surface area contributed by atoms with Gasteiger partial charge in [-0.05, 0) is 69.9 Å². The second-order valence-electron chi connectivity index (χ2n) is 9.17. The van der Waals surface area contributed by atoms with E-state index in [0.29, 0.717) is 46.1 Å². The molecule has 1 N–H and O–H groups in total. The van der Waals surface area contributed by atoms with E-state index in [-0.39, 0.29) is 17.4 Å². The zero-order valence-electron chi connectivity index (χ0n) is 20.9. The number of ketones is 1. The van der Waals surface area contributed by atoms with Gasteiger partial charge in [0, 0.05) is 23.5 Å². The second-order valence-corrected chi connectivity index (χ2v) is 9.60. The van der Waals surface area contributed by atoms with Crippen LogP contribution >= 0.6 is 11.6 Å². The zero-order chi connectivity index (χ0) is 26.1. The van der Waals surface area contributed by atoms with Gasteiger partial charge in [-0.25, -0.2) is 0 Å². The van der Waals surface area contributed by atoms with Crippen molar-refractivity contribution in [2.45, 2.75) is 26.0 Å². The van der Waals surface area contributed by atoms with E-state index in [9.17, 15) is 14.7 Å². The third-order valence-electron chi connectivity index (χ3n) is 5.90. The summed E-state index contributed by atoms with van der Waals surface area (Å²) in [6.07, 6.45) is -0.0722. The van der Waals surface area contributed by atoms with Crippen molar-refractivity contribution in [2.75, 3.05) is 34.3 Å². The third kappa shape index (κ3) is 4.92. The minimum absolute atomic E-state index is 0.00722. The summed E-state index contributed by atoms with van der Waals surface area (Å²) in [6, 6.07) is 11.0. The Bertz CT molecular complexity index is 1340. The molecule has 1 aliphatic heterocycles. The van der Waals surface area contributed by atoms with Crippen LogP contribution in [-0.4, -0.2) is 67.0 Å². The molecule has 1 unspecified atom stereocenters. The largest absolute Gasteiger partial charge is 0.503 e. The lowest BCUT2D eigenvalue weighted by atomic mass is 9.94. The molecule has 190 valence electrons. The standard InChI is InChI=1S/C27H29ClN2O6/c1-15(2)35-20-8-6-16(13-21(20)34-5)24-23(26(32)27(33)30(24)11-10-29(3)4)25(31)22-14-17-12-18(28)7-9-19(17)36-22/h6-9,12-15,24,32H,10-11H2,1-5H3. The maximum Gasteiger partial charge on any atom is 0.290 e. The first-order valence-corrected chi connectivity index (χ1v) is 12.0. The van der Waals surface area contributed by atoms with Gasteiger partial charge < -0.3 is 28.8 Å². The number of nitrogens with zero attached hydrogens (tertiary/aromatic N) is 2. The quantitative estimate of drug-likeness (QED) is 0.402. The highest BCUT2D eigenvalue weighted by Crippen LogP contribution is 2.42. The number of hydrogen-bond acceptors (Lipinski definition) is 7. The number of aliphatic hydroxyl groups excluding tert-OH is 1. The maximum atomic E-state index is 13.7. The Balaban J connectivity index is 1.80. The summed E-state index contributed by atoms with van der Waals surface area (Å²) in [5.74, 6) is -0.789. The summed E-state index contributed by atoms with van der Waals surface area (Å²) in [6.45, 7) is 4.64. The van der Waals surface area contributed by atoms with Crippen LogP contribution in [0.5, 0.6) is 11.5 Å². The smallest absolute Gasteiger partial charge is 0.290 e. The van der Waals surface area contributed by atoms with Crippen molar-refractivity contribution in [3.8, 4) is 11.5 Å². The highest BCUT2D eigenvalue weighted by molar-refractivity contribution is 6.31. The number of Topliss-reactive ketones (excluding diaryl/α,β-unsaturated/α-hetero) is 1. The predicted octanol–water partition coefficient (Wildman–Crippen LogP) is 5.02. The van der Waals surface area contributed by atoms with Gasteiger partial charge in [0.1, 0.15) is 5.58 Å². The zero-order valence-corrected chi connectivity index (χ0v) is 21.6. The first-order valence-electron chi connectivity index (χ1n) is 11.6. The van der Waals surface area contributed by atoms with E-state index in [1.807, 2.05) is 32.8 Å². The van der Waals surface area contributed by atoms with Crippen molar-refractivity contribution < 1.29 is 28.6 Å². The Morgan fingerprint density at radius 1 is 1.17 bits per heavy atom. The van der Waals surface area contributed by atoms with Crippen LogP contribution in [0, 0.1) is 0 Å². The van der Waals surface area contributed by atoms with Crippen LogP contribution < -0.4 is 9.47 Å². The Labute approximate surface area is 214 Å². The number of hydrogen-bond donors (Lipinski definition) is 1. The molecule has 36 heavy (non-hydrogen) atoms. The molecule has 0 fully saturated rings. The lowest BCUT2D eigenvalue weighted by Gasteiger charge is -2.28. The number of rotatable bonds is 9. The fourth-order valence-corrected chi connectivity index (χ4v) is 4.42. The van der Waals surface area contributed by atoms with E-state index in [1.165, 1.54) is 12.0 Å². The van der Waals surface area contributed by atoms with Gasteiger partial charge in [0.2, 0.25) is 5.78 Å². The minimum atomic E-state index is -0.844. The fourth-order valence-electron chi connectivity index (χ4n) is 4.23. The molecule has 0 saturated heterocycles. The van der Waals surface area contributed by atoms with Crippen LogP contribution in [0.25, 0.3) is 11.0 Å². The molecule has 1 aromatic heterocycles. The van der Waals surface area contributed by atoms with Crippen LogP contribution in [-0.2, 0) is 4.79 Å². The van der Waals surface area contributed by atoms with E-state index in [0.717, 1.165) is 0 Å². The lowest BCUT2D eigenvalue weighted by Crippen LogP contribution is -2.36. The number of halogens is 1. The van der Waals surface area contributed by atoms with Gasteiger partial charge in [0.25, 0.3) is 5.91 Å². The molecule has 0 bridgehead atoms. The average Bonchev–Trinajstić information content (AvgIpc) is 3.35. The summed E-state index contributed by atoms with van der Waals surface area (Å²) < 4.78 is 17.1. The van der Waals surface area contributed by atoms with Crippen molar-refractivity contribution in [1.29, 1.82) is 0 Å². The molecule has 2 heterocycles. The van der Waals surface area contributed by atoms with Crippen LogP contribution in [0.2, 0.25) is 5.02 Å². The SMILES string of the molecule is COc1cc(C2C(C(=O)c3cc4cc(Cl)ccc4o3)=C(O)C(=O)N2CCN(C)C)ccc1OC(C)C. The number of ether oxygens (including phenoxy) is 2. The number of amides is 1. The molecule has 4 rings (SSSR count). The van der Waals surface area contributed by atoms with E-state index in [2.05, 4.69) is 0 Å². The van der Waals surface area contributed by atoms with Gasteiger partial charge in [0.15, 0.2) is 23.0 Å². The van der Waals surface area contributed by atoms with Crippen molar-refractivity contribution in [1.82, 2.24) is 9.80 Å². The summed E-state index contributed by atoms with van der Waals surface area (Å²) in [4.78, 5) is 30.3. The van der Waals surface area contributed by atoms with Crippen molar-refractivity contribution in [2.24, 2.45) is 0 Å². The number of carbonyl (C=O) groups is 2. The summed E-state index contributed by atoms with van der Waals surface area (Å²) >= 11 is 6.08. The van der Waals surface area contributed by atoms with Gasteiger partial charge in [-0.3, -0.25) is 9.59 Å². The van der Waals surface area contributed by atoms with E-state index >= 15 is 0 Å². The molecule has 3 aromatic rings. The minimum Gasteiger partial charge on any atom is -0.503 e. The molecule has 9 heteroatoms. The second kappa shape index (κ2) is 10.2. The number of methoxy groups -OCH3 is 1. The van der Waals surface area contributed by atoms with Gasteiger partial charge >= 0.3 is 0 Å². The van der Waals surface area contributed by atoms with Gasteiger partial charge in [-0.15, -0.1) is 0 Å². The predicted molar refractivity (Wildman–Crippen MR) is 137 cm³/mol. The van der Waals surface area contributed by atoms with E-state index in [1.54, 1.807) is 42.5 Å². The summed E-state index contributed by atoms with van der Waals surface area (Å²) in [5.41, 5.74) is 1.02. The summed E-state index contributed by atoms with van der Waals surface area (Å²) in [7, 11) is 5.29. The van der Waals surface area contributed by atoms with Gasteiger partial charge in [0.05, 0.1) is 24.8 Å². The third-order valence-corrected chi connectivity index (χ3v) is 6.14. The first-order chi connectivity index (χ1) is 17.1. The highest BCUT2D eigenvalue weighted by atomic mass is 35.5. The van der Waals surface area contributed by atoms with E-state index in [4.69, 9.17) is 25.5 Å². The number of aliphatic hydroxyl groups is 1. The number of furan rings is 1. The molecular formula is C27H29ClN2O6. The number of carbonyl (C=O) groups excluding carboxylic acids is 2. The van der Waals surface area contributed by atoms with E-state index < -0.39 is 23.5 Å². The Morgan fingerprint density at radius 2 is 1.92 bits per heavy atom. The molecule has 1 aliphatic rings. The summed E-state index contributed by atoms with van der Waals surface area (Å²) in [5, 5.41) is 12.1. The highest BCUT2D eigenvalue weighted by Gasteiger charge is 2.44. The van der Waals surface area contributed by atoms with Crippen molar-refractivity contribution in [3.05, 3.63) is 70.1 Å². The fraction of sp³-hybridized carbons (Fsp3) is 0.333. The molecule has 0 spiro atoms. The molecular weight excluding hydrogens is 484 g/mol. The average molecular weight is 513 g/mol. The molecule has 0 aliphatic carbocycles. The molecule has 8 nitrogen and oxygen atoms in total. The topological polar surface area (TPSA) is 92.5 Å². The molecule has 0 radical (unpaired) electrons. The van der Waals surface area contributed by atoms with Crippen molar-refractivity contribution in [3.63, 3.8) is 0 Å². The first kappa shape index (κ1) is 25.6. The van der Waals surface area contributed by atoms with Gasteiger partial charge in [-0.1, -0.05) is 17.7 Å². The normalized spacial score (nSPS) is 16.1. The van der Waals surface area contributed by atoms with Crippen LogP contribution in [0.1, 0.15) is 36.0 Å². The van der Waals surface area contributed by atoms with Crippen LogP contribution in [0.3, 0.4) is 0 Å². The number of benzene rings is 2. The Morgan fingerprint density at radius 3 is 2.58 bits per heavy atom. The number of fused-ring (bicyclic) bond motifs is 1. The lowest BCUT2D eigenvalue weighted by molar-refractivity contribution is -0.129. The monoisotopic (exact) mass is 512 g/mol. The maximum absolute atomic E-state index is 13.7. The molecule has 1 amide bonds.